The van der Waals surface area contributed by atoms with E-state index in [4.69, 9.17) is 16.9 Å². The molecule has 114 valence electrons. The van der Waals surface area contributed by atoms with Gasteiger partial charge >= 0.3 is 0 Å². The highest BCUT2D eigenvalue weighted by atomic mass is 35.5. The zero-order chi connectivity index (χ0) is 15.5. The van der Waals surface area contributed by atoms with Crippen LogP contribution >= 0.6 is 11.6 Å². The Labute approximate surface area is 130 Å². The van der Waals surface area contributed by atoms with Gasteiger partial charge in [-0.25, -0.2) is 13.1 Å². The number of hydrogen-bond donors (Lipinski definition) is 2. The second-order valence-corrected chi connectivity index (χ2v) is 7.84. The summed E-state index contributed by atoms with van der Waals surface area (Å²) in [7, 11) is -3.62. The van der Waals surface area contributed by atoms with Crippen molar-refractivity contribution in [3.05, 3.63) is 28.8 Å². The quantitative estimate of drug-likeness (QED) is 0.884. The fraction of sp³-hybridized carbons (Fsp3) is 0.500. The summed E-state index contributed by atoms with van der Waals surface area (Å²) < 4.78 is 27.2. The minimum absolute atomic E-state index is 0.0816. The summed E-state index contributed by atoms with van der Waals surface area (Å²) in [5.74, 6) is 0. The Morgan fingerprint density at radius 2 is 2.29 bits per heavy atom. The summed E-state index contributed by atoms with van der Waals surface area (Å²) in [5, 5.41) is 12.2. The molecule has 7 heteroatoms. The minimum Gasteiger partial charge on any atom is -0.316 e. The normalized spacial score (nSPS) is 22.7. The first-order chi connectivity index (χ1) is 9.86. The molecule has 0 bridgehead atoms. The van der Waals surface area contributed by atoms with E-state index in [0.717, 1.165) is 25.9 Å². The number of hydrogen-bond acceptors (Lipinski definition) is 4. The van der Waals surface area contributed by atoms with Crippen LogP contribution in [0.2, 0.25) is 5.02 Å². The van der Waals surface area contributed by atoms with Crippen LogP contribution in [0.3, 0.4) is 0 Å². The highest BCUT2D eigenvalue weighted by Crippen LogP contribution is 2.25. The van der Waals surface area contributed by atoms with Crippen molar-refractivity contribution < 1.29 is 8.42 Å². The van der Waals surface area contributed by atoms with E-state index in [2.05, 4.69) is 17.0 Å². The van der Waals surface area contributed by atoms with Crippen LogP contribution in [0.4, 0.5) is 0 Å². The largest absolute Gasteiger partial charge is 0.316 e. The summed E-state index contributed by atoms with van der Waals surface area (Å²) in [5.41, 5.74) is 0.181. The van der Waals surface area contributed by atoms with Crippen molar-refractivity contribution in [1.82, 2.24) is 10.0 Å². The van der Waals surface area contributed by atoms with E-state index < -0.39 is 10.0 Å². The molecule has 1 aromatic carbocycles. The van der Waals surface area contributed by atoms with Crippen LogP contribution < -0.4 is 10.0 Å². The molecule has 1 aliphatic heterocycles. The maximum absolute atomic E-state index is 12.3. The molecule has 1 fully saturated rings. The van der Waals surface area contributed by atoms with Crippen LogP contribution in [-0.4, -0.2) is 28.1 Å². The Hall–Kier alpha value is -1.13. The molecule has 2 rings (SSSR count). The van der Waals surface area contributed by atoms with Crippen molar-refractivity contribution in [2.24, 2.45) is 5.41 Å². The lowest BCUT2D eigenvalue weighted by Crippen LogP contribution is -2.45. The lowest BCUT2D eigenvalue weighted by atomic mass is 9.83. The fourth-order valence-corrected chi connectivity index (χ4v) is 3.89. The van der Waals surface area contributed by atoms with Crippen molar-refractivity contribution in [3.63, 3.8) is 0 Å². The van der Waals surface area contributed by atoms with Gasteiger partial charge in [-0.15, -0.1) is 0 Å². The van der Waals surface area contributed by atoms with Gasteiger partial charge in [0.25, 0.3) is 0 Å². The third-order valence-electron chi connectivity index (χ3n) is 3.75. The highest BCUT2D eigenvalue weighted by molar-refractivity contribution is 7.89. The zero-order valence-corrected chi connectivity index (χ0v) is 13.4. The molecule has 1 atom stereocenters. The second-order valence-electron chi connectivity index (χ2n) is 5.67. The van der Waals surface area contributed by atoms with Gasteiger partial charge < -0.3 is 5.32 Å². The number of rotatable bonds is 4. The van der Waals surface area contributed by atoms with Crippen LogP contribution in [-0.2, 0) is 10.0 Å². The van der Waals surface area contributed by atoms with Gasteiger partial charge in [0, 0.05) is 13.1 Å². The van der Waals surface area contributed by atoms with E-state index in [1.54, 1.807) is 0 Å². The maximum atomic E-state index is 12.3. The monoisotopic (exact) mass is 327 g/mol. The Kier molecular flexibility index (Phi) is 4.89. The van der Waals surface area contributed by atoms with E-state index in [1.807, 2.05) is 6.07 Å². The summed E-state index contributed by atoms with van der Waals surface area (Å²) in [6, 6.07) is 6.03. The van der Waals surface area contributed by atoms with Gasteiger partial charge in [-0.2, -0.15) is 5.26 Å². The van der Waals surface area contributed by atoms with E-state index in [9.17, 15) is 8.42 Å². The summed E-state index contributed by atoms with van der Waals surface area (Å²) >= 11 is 5.89. The first kappa shape index (κ1) is 16.2. The van der Waals surface area contributed by atoms with Gasteiger partial charge in [-0.05, 0) is 43.0 Å². The Morgan fingerprint density at radius 3 is 2.86 bits per heavy atom. The van der Waals surface area contributed by atoms with Gasteiger partial charge in [-0.3, -0.25) is 0 Å². The number of benzene rings is 1. The Bertz CT molecular complexity index is 661. The van der Waals surface area contributed by atoms with Crippen molar-refractivity contribution in [2.75, 3.05) is 19.6 Å². The number of nitrogens with zero attached hydrogens (tertiary/aromatic N) is 1. The number of sulfonamides is 1. The summed E-state index contributed by atoms with van der Waals surface area (Å²) in [6.45, 7) is 4.21. The minimum atomic E-state index is -3.62. The molecule has 1 heterocycles. The molecule has 21 heavy (non-hydrogen) atoms. The Morgan fingerprint density at radius 1 is 1.52 bits per heavy atom. The van der Waals surface area contributed by atoms with Gasteiger partial charge in [0.1, 0.15) is 6.07 Å². The topological polar surface area (TPSA) is 82.0 Å². The van der Waals surface area contributed by atoms with Crippen molar-refractivity contribution in [1.29, 1.82) is 5.26 Å². The number of piperidine rings is 1. The molecular weight excluding hydrogens is 310 g/mol. The smallest absolute Gasteiger partial charge is 0.240 e. The fourth-order valence-electron chi connectivity index (χ4n) is 2.38. The molecule has 0 aliphatic carbocycles. The lowest BCUT2D eigenvalue weighted by molar-refractivity contribution is 0.238. The van der Waals surface area contributed by atoms with E-state index in [1.165, 1.54) is 18.2 Å². The first-order valence-corrected chi connectivity index (χ1v) is 8.62. The SMILES string of the molecule is CC1(CNS(=O)(=O)c2ccc(C#N)c(Cl)c2)CCCNC1. The highest BCUT2D eigenvalue weighted by Gasteiger charge is 2.28. The lowest BCUT2D eigenvalue weighted by Gasteiger charge is -2.34. The molecule has 1 aromatic rings. The van der Waals surface area contributed by atoms with E-state index in [-0.39, 0.29) is 20.9 Å². The number of halogens is 1. The maximum Gasteiger partial charge on any atom is 0.240 e. The van der Waals surface area contributed by atoms with Gasteiger partial charge in [-0.1, -0.05) is 18.5 Å². The molecule has 0 radical (unpaired) electrons. The second kappa shape index (κ2) is 6.32. The van der Waals surface area contributed by atoms with Crippen LogP contribution in [0.25, 0.3) is 0 Å². The van der Waals surface area contributed by atoms with Gasteiger partial charge in [0.2, 0.25) is 10.0 Å². The number of nitriles is 1. The van der Waals surface area contributed by atoms with Crippen molar-refractivity contribution in [2.45, 2.75) is 24.7 Å². The molecule has 0 aromatic heterocycles. The first-order valence-electron chi connectivity index (χ1n) is 6.76. The van der Waals surface area contributed by atoms with E-state index in [0.29, 0.717) is 6.54 Å². The van der Waals surface area contributed by atoms with Gasteiger partial charge in [0.15, 0.2) is 0 Å². The molecule has 1 unspecified atom stereocenters. The van der Waals surface area contributed by atoms with Gasteiger partial charge in [0.05, 0.1) is 15.5 Å². The molecule has 2 N–H and O–H groups in total. The molecule has 1 saturated heterocycles. The predicted octanol–water partition coefficient (Wildman–Crippen LogP) is 1.88. The third kappa shape index (κ3) is 3.95. The Balaban J connectivity index is 2.11. The van der Waals surface area contributed by atoms with Crippen molar-refractivity contribution >= 4 is 21.6 Å². The third-order valence-corrected chi connectivity index (χ3v) is 5.46. The predicted molar refractivity (Wildman–Crippen MR) is 81.6 cm³/mol. The molecule has 0 spiro atoms. The van der Waals surface area contributed by atoms with E-state index >= 15 is 0 Å². The van der Waals surface area contributed by atoms with Crippen LogP contribution in [0.5, 0.6) is 0 Å². The molecule has 5 nitrogen and oxygen atoms in total. The number of nitrogens with one attached hydrogen (secondary N) is 2. The van der Waals surface area contributed by atoms with Crippen LogP contribution in [0, 0.1) is 16.7 Å². The van der Waals surface area contributed by atoms with Crippen molar-refractivity contribution in [3.8, 4) is 6.07 Å². The summed E-state index contributed by atoms with van der Waals surface area (Å²) in [6.07, 6.45) is 2.03. The van der Waals surface area contributed by atoms with Crippen LogP contribution in [0.15, 0.2) is 23.1 Å². The molecule has 0 saturated carbocycles. The molecule has 0 amide bonds. The van der Waals surface area contributed by atoms with Crippen LogP contribution in [0.1, 0.15) is 25.3 Å². The molecule has 1 aliphatic rings. The average Bonchev–Trinajstić information content (AvgIpc) is 2.46. The summed E-state index contributed by atoms with van der Waals surface area (Å²) in [4.78, 5) is 0.0823. The zero-order valence-electron chi connectivity index (χ0n) is 11.8. The molecular formula is C14H18ClN3O2S. The average molecular weight is 328 g/mol. The standard InChI is InChI=1S/C14H18ClN3O2S/c1-14(5-2-6-17-9-14)10-18-21(19,20)12-4-3-11(8-16)13(15)7-12/h3-4,7,17-18H,2,5-6,9-10H2,1H3.